The normalized spacial score (nSPS) is 12.6. The fourth-order valence-electron chi connectivity index (χ4n) is 2.82. The van der Waals surface area contributed by atoms with Crippen LogP contribution in [0.1, 0.15) is 64.0 Å². The largest absolute Gasteiger partial charge is 0.381 e. The zero-order valence-corrected chi connectivity index (χ0v) is 14.4. The summed E-state index contributed by atoms with van der Waals surface area (Å²) < 4.78 is 5.84. The summed E-state index contributed by atoms with van der Waals surface area (Å²) in [6.07, 6.45) is 7.71. The number of nitrogen functional groups attached to an aromatic ring is 1. The zero-order chi connectivity index (χ0) is 16.5. The number of unbranched alkanes of at least 4 members (excludes halogenated alkanes) is 5. The number of hydrogen-bond acceptors (Lipinski definition) is 4. The van der Waals surface area contributed by atoms with E-state index in [0.717, 1.165) is 29.6 Å². The molecule has 1 aromatic heterocycles. The lowest BCUT2D eigenvalue weighted by Gasteiger charge is -2.14. The Morgan fingerprint density at radius 3 is 2.61 bits per heavy atom. The molecule has 1 heterocycles. The quantitative estimate of drug-likeness (QED) is 0.646. The highest BCUT2D eigenvalue weighted by Crippen LogP contribution is 2.23. The molecule has 0 aliphatic rings. The lowest BCUT2D eigenvalue weighted by Crippen LogP contribution is -2.10. The van der Waals surface area contributed by atoms with Crippen molar-refractivity contribution in [3.8, 4) is 0 Å². The SMILES string of the molecule is CCCCCCCCOCC(C)c1nc(N)nc2ccccc12. The van der Waals surface area contributed by atoms with E-state index in [1.54, 1.807) is 0 Å². The van der Waals surface area contributed by atoms with Gasteiger partial charge in [0.1, 0.15) is 0 Å². The van der Waals surface area contributed by atoms with Crippen LogP contribution in [0.5, 0.6) is 0 Å². The topological polar surface area (TPSA) is 61.0 Å². The lowest BCUT2D eigenvalue weighted by atomic mass is 10.0. The lowest BCUT2D eigenvalue weighted by molar-refractivity contribution is 0.119. The van der Waals surface area contributed by atoms with E-state index in [4.69, 9.17) is 10.5 Å². The van der Waals surface area contributed by atoms with Crippen molar-refractivity contribution in [3.63, 3.8) is 0 Å². The maximum absolute atomic E-state index is 5.84. The van der Waals surface area contributed by atoms with Gasteiger partial charge in [0.15, 0.2) is 0 Å². The van der Waals surface area contributed by atoms with Crippen LogP contribution in [-0.2, 0) is 4.74 Å². The maximum atomic E-state index is 5.84. The van der Waals surface area contributed by atoms with Crippen molar-refractivity contribution in [3.05, 3.63) is 30.0 Å². The third-order valence-corrected chi connectivity index (χ3v) is 4.13. The second kappa shape index (κ2) is 9.46. The summed E-state index contributed by atoms with van der Waals surface area (Å²) in [7, 11) is 0. The van der Waals surface area contributed by atoms with E-state index in [9.17, 15) is 0 Å². The molecule has 1 aromatic carbocycles. The average Bonchev–Trinajstić information content (AvgIpc) is 2.56. The standard InChI is InChI=1S/C19H29N3O/c1-3-4-5-6-7-10-13-23-14-15(2)18-16-11-8-9-12-17(16)21-19(20)22-18/h8-9,11-12,15H,3-7,10,13-14H2,1-2H3,(H2,20,21,22). The number of para-hydroxylation sites is 1. The first-order chi connectivity index (χ1) is 11.2. The van der Waals surface area contributed by atoms with Gasteiger partial charge in [0.25, 0.3) is 0 Å². The Hall–Kier alpha value is -1.68. The first kappa shape index (κ1) is 17.7. The van der Waals surface area contributed by atoms with Crippen molar-refractivity contribution in [1.29, 1.82) is 0 Å². The van der Waals surface area contributed by atoms with E-state index in [1.807, 2.05) is 24.3 Å². The van der Waals surface area contributed by atoms with Crippen molar-refractivity contribution < 1.29 is 4.74 Å². The van der Waals surface area contributed by atoms with Crippen LogP contribution in [-0.4, -0.2) is 23.2 Å². The Bertz CT molecular complexity index is 600. The van der Waals surface area contributed by atoms with Gasteiger partial charge in [0.2, 0.25) is 5.95 Å². The fraction of sp³-hybridized carbons (Fsp3) is 0.579. The van der Waals surface area contributed by atoms with Gasteiger partial charge in [0, 0.05) is 17.9 Å². The minimum absolute atomic E-state index is 0.213. The molecular weight excluding hydrogens is 286 g/mol. The van der Waals surface area contributed by atoms with E-state index in [-0.39, 0.29) is 5.92 Å². The van der Waals surface area contributed by atoms with Gasteiger partial charge in [0.05, 0.1) is 17.8 Å². The third kappa shape index (κ3) is 5.47. The van der Waals surface area contributed by atoms with Crippen molar-refractivity contribution in [2.24, 2.45) is 0 Å². The number of fused-ring (bicyclic) bond motifs is 1. The first-order valence-corrected chi connectivity index (χ1v) is 8.82. The van der Waals surface area contributed by atoms with E-state index < -0.39 is 0 Å². The van der Waals surface area contributed by atoms with Crippen LogP contribution in [0.2, 0.25) is 0 Å². The van der Waals surface area contributed by atoms with Crippen LogP contribution in [0.25, 0.3) is 10.9 Å². The van der Waals surface area contributed by atoms with Gasteiger partial charge in [-0.2, -0.15) is 0 Å². The summed E-state index contributed by atoms with van der Waals surface area (Å²) >= 11 is 0. The molecule has 2 rings (SSSR count). The molecule has 1 atom stereocenters. The molecule has 0 bridgehead atoms. The predicted octanol–water partition coefficient (Wildman–Crippen LogP) is 4.69. The number of nitrogens with zero attached hydrogens (tertiary/aromatic N) is 2. The van der Waals surface area contributed by atoms with E-state index in [0.29, 0.717) is 12.6 Å². The molecule has 1 unspecified atom stereocenters. The Kier molecular flexibility index (Phi) is 7.27. The number of nitrogens with two attached hydrogens (primary N) is 1. The van der Waals surface area contributed by atoms with Crippen LogP contribution < -0.4 is 5.73 Å². The molecule has 23 heavy (non-hydrogen) atoms. The number of hydrogen-bond donors (Lipinski definition) is 1. The Morgan fingerprint density at radius 2 is 1.78 bits per heavy atom. The van der Waals surface area contributed by atoms with Gasteiger partial charge in [-0.05, 0) is 12.5 Å². The average molecular weight is 315 g/mol. The maximum Gasteiger partial charge on any atom is 0.220 e. The van der Waals surface area contributed by atoms with Gasteiger partial charge >= 0.3 is 0 Å². The number of aromatic nitrogens is 2. The first-order valence-electron chi connectivity index (χ1n) is 8.82. The molecular formula is C19H29N3O. The van der Waals surface area contributed by atoms with Crippen LogP contribution in [0, 0.1) is 0 Å². The highest BCUT2D eigenvalue weighted by atomic mass is 16.5. The number of benzene rings is 1. The van der Waals surface area contributed by atoms with Gasteiger partial charge in [-0.1, -0.05) is 64.2 Å². The van der Waals surface area contributed by atoms with Crippen molar-refractivity contribution in [1.82, 2.24) is 9.97 Å². The molecule has 0 spiro atoms. The minimum Gasteiger partial charge on any atom is -0.381 e. The summed E-state index contributed by atoms with van der Waals surface area (Å²) in [4.78, 5) is 8.73. The monoisotopic (exact) mass is 315 g/mol. The van der Waals surface area contributed by atoms with Crippen molar-refractivity contribution in [2.75, 3.05) is 18.9 Å². The summed E-state index contributed by atoms with van der Waals surface area (Å²) in [6, 6.07) is 8.00. The molecule has 0 radical (unpaired) electrons. The van der Waals surface area contributed by atoms with E-state index in [2.05, 4.69) is 23.8 Å². The molecule has 0 saturated carbocycles. The Labute approximate surface area is 139 Å². The van der Waals surface area contributed by atoms with Gasteiger partial charge in [-0.3, -0.25) is 0 Å². The van der Waals surface area contributed by atoms with Crippen LogP contribution in [0.4, 0.5) is 5.95 Å². The number of ether oxygens (including phenoxy) is 1. The molecule has 126 valence electrons. The summed E-state index contributed by atoms with van der Waals surface area (Å²) in [6.45, 7) is 5.88. The highest BCUT2D eigenvalue weighted by molar-refractivity contribution is 5.82. The minimum atomic E-state index is 0.213. The van der Waals surface area contributed by atoms with E-state index >= 15 is 0 Å². The van der Waals surface area contributed by atoms with Crippen molar-refractivity contribution in [2.45, 2.75) is 58.3 Å². The van der Waals surface area contributed by atoms with Crippen LogP contribution in [0.3, 0.4) is 0 Å². The third-order valence-electron chi connectivity index (χ3n) is 4.13. The Balaban J connectivity index is 1.81. The Morgan fingerprint density at radius 1 is 1.04 bits per heavy atom. The molecule has 2 N–H and O–H groups in total. The molecule has 2 aromatic rings. The molecule has 4 heteroatoms. The van der Waals surface area contributed by atoms with Crippen LogP contribution in [0.15, 0.2) is 24.3 Å². The second-order valence-corrected chi connectivity index (χ2v) is 6.23. The molecule has 0 saturated heterocycles. The molecule has 4 nitrogen and oxygen atoms in total. The van der Waals surface area contributed by atoms with Gasteiger partial charge in [-0.15, -0.1) is 0 Å². The molecule has 0 fully saturated rings. The van der Waals surface area contributed by atoms with Crippen molar-refractivity contribution >= 4 is 16.9 Å². The van der Waals surface area contributed by atoms with E-state index in [1.165, 1.54) is 32.1 Å². The molecule has 0 amide bonds. The van der Waals surface area contributed by atoms with Gasteiger partial charge < -0.3 is 10.5 Å². The summed E-state index contributed by atoms with van der Waals surface area (Å²) in [5.74, 6) is 0.548. The number of rotatable bonds is 10. The summed E-state index contributed by atoms with van der Waals surface area (Å²) in [5, 5.41) is 1.07. The van der Waals surface area contributed by atoms with Crippen LogP contribution >= 0.6 is 0 Å². The predicted molar refractivity (Wildman–Crippen MR) is 96.6 cm³/mol. The fourth-order valence-corrected chi connectivity index (χ4v) is 2.82. The zero-order valence-electron chi connectivity index (χ0n) is 14.4. The smallest absolute Gasteiger partial charge is 0.220 e. The van der Waals surface area contributed by atoms with Gasteiger partial charge in [-0.25, -0.2) is 9.97 Å². The molecule has 0 aliphatic heterocycles. The second-order valence-electron chi connectivity index (χ2n) is 6.23. The molecule has 0 aliphatic carbocycles. The number of anilines is 1. The summed E-state index contributed by atoms with van der Waals surface area (Å²) in [5.41, 5.74) is 7.72. The highest BCUT2D eigenvalue weighted by Gasteiger charge is 2.13.